The number of anilines is 1. The third kappa shape index (κ3) is 3.05. The largest absolute Gasteiger partial charge is 0.508 e. The smallest absolute Gasteiger partial charge is 0.244 e. The Bertz CT molecular complexity index is 480. The molecule has 4 heteroatoms. The van der Waals surface area contributed by atoms with Crippen LogP contribution >= 0.6 is 0 Å². The lowest BCUT2D eigenvalue weighted by Gasteiger charge is -2.23. The van der Waals surface area contributed by atoms with E-state index in [2.05, 4.69) is 11.4 Å². The lowest BCUT2D eigenvalue weighted by Crippen LogP contribution is -2.34. The van der Waals surface area contributed by atoms with Crippen LogP contribution in [0, 0.1) is 16.7 Å². The summed E-state index contributed by atoms with van der Waals surface area (Å²) >= 11 is 0. The fraction of sp³-hybridized carbons (Fsp3) is 0.467. The molecule has 0 spiro atoms. The van der Waals surface area contributed by atoms with Gasteiger partial charge in [-0.1, -0.05) is 25.7 Å². The number of nitriles is 1. The highest BCUT2D eigenvalue weighted by atomic mass is 16.3. The fourth-order valence-corrected chi connectivity index (χ4v) is 2.52. The molecule has 100 valence electrons. The molecule has 2 rings (SSSR count). The summed E-state index contributed by atoms with van der Waals surface area (Å²) in [5, 5.41) is 21.4. The van der Waals surface area contributed by atoms with Crippen molar-refractivity contribution in [2.45, 2.75) is 38.5 Å². The van der Waals surface area contributed by atoms with Gasteiger partial charge in [-0.3, -0.25) is 4.79 Å². The van der Waals surface area contributed by atoms with Crippen LogP contribution in [0.1, 0.15) is 38.5 Å². The molecule has 1 saturated carbocycles. The second kappa shape index (κ2) is 5.75. The first-order valence-corrected chi connectivity index (χ1v) is 6.68. The van der Waals surface area contributed by atoms with Crippen molar-refractivity contribution in [3.63, 3.8) is 0 Å². The highest BCUT2D eigenvalue weighted by Gasteiger charge is 2.38. The topological polar surface area (TPSA) is 73.1 Å². The van der Waals surface area contributed by atoms with E-state index in [0.29, 0.717) is 18.5 Å². The van der Waals surface area contributed by atoms with Gasteiger partial charge in [0.1, 0.15) is 11.2 Å². The average molecular weight is 258 g/mol. The lowest BCUT2D eigenvalue weighted by molar-refractivity contribution is -0.123. The standard InChI is InChI=1S/C15H18N2O2/c16-11-15(9-3-1-2-4-10-15)14(19)17-12-5-7-13(18)8-6-12/h5-8,18H,1-4,9-10H2,(H,17,19). The van der Waals surface area contributed by atoms with Crippen molar-refractivity contribution in [3.05, 3.63) is 24.3 Å². The number of amides is 1. The molecule has 1 amide bonds. The van der Waals surface area contributed by atoms with Crippen molar-refractivity contribution in [2.75, 3.05) is 5.32 Å². The number of benzene rings is 1. The molecule has 0 saturated heterocycles. The molecule has 0 unspecified atom stereocenters. The van der Waals surface area contributed by atoms with E-state index in [0.717, 1.165) is 25.7 Å². The van der Waals surface area contributed by atoms with Crippen LogP contribution < -0.4 is 5.32 Å². The predicted molar refractivity (Wildman–Crippen MR) is 72.5 cm³/mol. The van der Waals surface area contributed by atoms with Gasteiger partial charge in [0.15, 0.2) is 0 Å². The Morgan fingerprint density at radius 3 is 2.26 bits per heavy atom. The van der Waals surface area contributed by atoms with Crippen LogP contribution in [0.15, 0.2) is 24.3 Å². The summed E-state index contributed by atoms with van der Waals surface area (Å²) in [7, 11) is 0. The Balaban J connectivity index is 2.12. The Morgan fingerprint density at radius 2 is 1.74 bits per heavy atom. The molecule has 1 aliphatic carbocycles. The van der Waals surface area contributed by atoms with Crippen molar-refractivity contribution in [1.82, 2.24) is 0 Å². The highest BCUT2D eigenvalue weighted by Crippen LogP contribution is 2.35. The van der Waals surface area contributed by atoms with E-state index in [-0.39, 0.29) is 11.7 Å². The second-order valence-electron chi connectivity index (χ2n) is 5.11. The predicted octanol–water partition coefficient (Wildman–Crippen LogP) is 3.19. The molecule has 1 aromatic rings. The number of hydrogen-bond acceptors (Lipinski definition) is 3. The lowest BCUT2D eigenvalue weighted by atomic mass is 9.81. The highest BCUT2D eigenvalue weighted by molar-refractivity contribution is 5.97. The third-order valence-corrected chi connectivity index (χ3v) is 3.73. The molecule has 2 N–H and O–H groups in total. The van der Waals surface area contributed by atoms with E-state index in [1.165, 1.54) is 12.1 Å². The number of nitrogens with one attached hydrogen (secondary N) is 1. The Hall–Kier alpha value is -2.02. The van der Waals surface area contributed by atoms with Gasteiger partial charge in [-0.05, 0) is 37.1 Å². The van der Waals surface area contributed by atoms with Crippen molar-refractivity contribution in [1.29, 1.82) is 5.26 Å². The Labute approximate surface area is 113 Å². The number of hydrogen-bond donors (Lipinski definition) is 2. The van der Waals surface area contributed by atoms with E-state index >= 15 is 0 Å². The monoisotopic (exact) mass is 258 g/mol. The number of rotatable bonds is 2. The van der Waals surface area contributed by atoms with Crippen LogP contribution in [-0.4, -0.2) is 11.0 Å². The number of aromatic hydroxyl groups is 1. The van der Waals surface area contributed by atoms with Gasteiger partial charge in [0.2, 0.25) is 5.91 Å². The summed E-state index contributed by atoms with van der Waals surface area (Å²) in [5.41, 5.74) is -0.282. The second-order valence-corrected chi connectivity index (χ2v) is 5.11. The maximum Gasteiger partial charge on any atom is 0.244 e. The maximum absolute atomic E-state index is 12.4. The van der Waals surface area contributed by atoms with Crippen LogP contribution in [0.25, 0.3) is 0 Å². The van der Waals surface area contributed by atoms with E-state index in [1.807, 2.05) is 0 Å². The van der Waals surface area contributed by atoms with Crippen molar-refractivity contribution >= 4 is 11.6 Å². The van der Waals surface area contributed by atoms with Crippen LogP contribution in [0.5, 0.6) is 5.75 Å². The van der Waals surface area contributed by atoms with Crippen LogP contribution in [0.2, 0.25) is 0 Å². The molecular formula is C15H18N2O2. The Kier molecular flexibility index (Phi) is 4.06. The summed E-state index contributed by atoms with van der Waals surface area (Å²) in [6.07, 6.45) is 5.31. The fourth-order valence-electron chi connectivity index (χ4n) is 2.52. The van der Waals surface area contributed by atoms with Gasteiger partial charge in [0.05, 0.1) is 6.07 Å². The summed E-state index contributed by atoms with van der Waals surface area (Å²) < 4.78 is 0. The zero-order valence-corrected chi connectivity index (χ0v) is 10.9. The molecule has 1 fully saturated rings. The zero-order chi connectivity index (χ0) is 13.7. The van der Waals surface area contributed by atoms with Crippen molar-refractivity contribution in [2.24, 2.45) is 5.41 Å². The molecule has 0 aliphatic heterocycles. The van der Waals surface area contributed by atoms with Gasteiger partial charge in [-0.2, -0.15) is 5.26 Å². The van der Waals surface area contributed by atoms with Gasteiger partial charge in [0, 0.05) is 5.69 Å². The molecule has 1 aromatic carbocycles. The zero-order valence-electron chi connectivity index (χ0n) is 10.9. The first-order chi connectivity index (χ1) is 9.16. The summed E-state index contributed by atoms with van der Waals surface area (Å²) in [6, 6.07) is 8.53. The van der Waals surface area contributed by atoms with Gasteiger partial charge in [-0.25, -0.2) is 0 Å². The van der Waals surface area contributed by atoms with E-state index in [1.54, 1.807) is 12.1 Å². The minimum absolute atomic E-state index is 0.155. The van der Waals surface area contributed by atoms with E-state index in [9.17, 15) is 15.2 Å². The minimum Gasteiger partial charge on any atom is -0.508 e. The molecule has 0 aromatic heterocycles. The Morgan fingerprint density at radius 1 is 1.16 bits per heavy atom. The SMILES string of the molecule is N#CC1(C(=O)Nc2ccc(O)cc2)CCCCCC1. The number of nitrogens with zero attached hydrogens (tertiary/aromatic N) is 1. The molecule has 19 heavy (non-hydrogen) atoms. The summed E-state index contributed by atoms with van der Waals surface area (Å²) in [6.45, 7) is 0. The van der Waals surface area contributed by atoms with Gasteiger partial charge >= 0.3 is 0 Å². The normalized spacial score (nSPS) is 18.1. The van der Waals surface area contributed by atoms with Crippen molar-refractivity contribution in [3.8, 4) is 11.8 Å². The maximum atomic E-state index is 12.4. The first kappa shape index (κ1) is 13.4. The van der Waals surface area contributed by atoms with Crippen LogP contribution in [-0.2, 0) is 4.79 Å². The van der Waals surface area contributed by atoms with Gasteiger partial charge in [-0.15, -0.1) is 0 Å². The molecule has 4 nitrogen and oxygen atoms in total. The molecular weight excluding hydrogens is 240 g/mol. The molecule has 1 aliphatic rings. The minimum atomic E-state index is -0.894. The third-order valence-electron chi connectivity index (χ3n) is 3.73. The first-order valence-electron chi connectivity index (χ1n) is 6.68. The molecule has 0 heterocycles. The molecule has 0 radical (unpaired) electrons. The van der Waals surface area contributed by atoms with Gasteiger partial charge in [0.25, 0.3) is 0 Å². The van der Waals surface area contributed by atoms with Crippen LogP contribution in [0.3, 0.4) is 0 Å². The summed E-state index contributed by atoms with van der Waals surface area (Å²) in [5.74, 6) is -0.0648. The number of phenols is 1. The molecule has 0 atom stereocenters. The summed E-state index contributed by atoms with van der Waals surface area (Å²) in [4.78, 5) is 12.4. The average Bonchev–Trinajstić information content (AvgIpc) is 2.67. The number of carbonyl (C=O) groups excluding carboxylic acids is 1. The quantitative estimate of drug-likeness (QED) is 0.632. The van der Waals surface area contributed by atoms with Crippen molar-refractivity contribution < 1.29 is 9.90 Å². The number of phenolic OH excluding ortho intramolecular Hbond substituents is 1. The van der Waals surface area contributed by atoms with E-state index in [4.69, 9.17) is 0 Å². The van der Waals surface area contributed by atoms with Crippen LogP contribution in [0.4, 0.5) is 5.69 Å². The number of carbonyl (C=O) groups is 1. The van der Waals surface area contributed by atoms with E-state index < -0.39 is 5.41 Å². The van der Waals surface area contributed by atoms with Gasteiger partial charge < -0.3 is 10.4 Å². The molecule has 0 bridgehead atoms.